The zero-order valence-electron chi connectivity index (χ0n) is 24.6. The molecule has 0 bridgehead atoms. The highest BCUT2D eigenvalue weighted by atomic mass is 32.2. The lowest BCUT2D eigenvalue weighted by Crippen LogP contribution is -2.77. The van der Waals surface area contributed by atoms with Crippen molar-refractivity contribution in [3.63, 3.8) is 0 Å². The van der Waals surface area contributed by atoms with Crippen LogP contribution in [0.15, 0.2) is 16.6 Å². The second kappa shape index (κ2) is 8.31. The van der Waals surface area contributed by atoms with Crippen LogP contribution in [-0.2, 0) is 33.3 Å². The first kappa shape index (κ1) is 27.9. The van der Waals surface area contributed by atoms with Crippen LogP contribution in [0.2, 0.25) is 0 Å². The van der Waals surface area contributed by atoms with Gasteiger partial charge in [0.2, 0.25) is 6.29 Å². The number of ether oxygens (including phenoxy) is 5. The largest absolute Gasteiger partial charge is 0.458 e. The highest BCUT2D eigenvalue weighted by molar-refractivity contribution is 8.01. The Morgan fingerprint density at radius 1 is 1.07 bits per heavy atom. The second-order valence-electron chi connectivity index (χ2n) is 15.0. The number of Topliss-reactive ketones (excluding diaryl/α,β-unsaturated/α-hetero) is 1. The molecule has 11 nitrogen and oxygen atoms in total. The Balaban J connectivity index is 1.08. The van der Waals surface area contributed by atoms with Crippen LogP contribution in [0.3, 0.4) is 0 Å². The average molecular weight is 618 g/mol. The molecule has 12 heteroatoms. The van der Waals surface area contributed by atoms with E-state index in [1.165, 1.54) is 17.8 Å². The molecule has 0 aromatic rings. The summed E-state index contributed by atoms with van der Waals surface area (Å²) in [6, 6.07) is 0. The van der Waals surface area contributed by atoms with Gasteiger partial charge in [-0.05, 0) is 68.8 Å². The van der Waals surface area contributed by atoms with E-state index < -0.39 is 74.8 Å². The lowest BCUT2D eigenvalue weighted by Gasteiger charge is -2.65. The Labute approximate surface area is 253 Å². The number of fused-ring (bicyclic) bond motifs is 6. The molecule has 0 amide bonds. The Morgan fingerprint density at radius 3 is 2.60 bits per heavy atom. The van der Waals surface area contributed by atoms with Crippen LogP contribution in [0.4, 0.5) is 0 Å². The normalized spacial score (nSPS) is 61.2. The minimum atomic E-state index is -1.79. The van der Waals surface area contributed by atoms with Crippen molar-refractivity contribution in [2.75, 3.05) is 12.4 Å². The molecule has 4 aliphatic carbocycles. The van der Waals surface area contributed by atoms with E-state index in [1.54, 1.807) is 13.1 Å². The number of thioether (sulfide) groups is 1. The topological polar surface area (TPSA) is 157 Å². The molecule has 234 valence electrons. The fourth-order valence-corrected chi connectivity index (χ4v) is 12.6. The number of nitrogens with zero attached hydrogens (tertiary/aromatic N) is 1. The van der Waals surface area contributed by atoms with Crippen molar-refractivity contribution in [2.24, 2.45) is 33.6 Å². The molecule has 5 aliphatic heterocycles. The molecule has 9 rings (SSSR count). The molecule has 15 atom stereocenters. The average Bonchev–Trinajstić information content (AvgIpc) is 3.21. The first-order chi connectivity index (χ1) is 20.3. The Morgan fingerprint density at radius 2 is 1.88 bits per heavy atom. The molecule has 7 fully saturated rings. The number of aliphatic hydroxyl groups is 3. The van der Waals surface area contributed by atoms with Gasteiger partial charge in [-0.3, -0.25) is 9.79 Å². The number of carbonyl (C=O) groups excluding carboxylic acids is 2. The van der Waals surface area contributed by atoms with E-state index in [2.05, 4.69) is 6.92 Å². The fraction of sp³-hybridized carbons (Fsp3) is 0.839. The highest BCUT2D eigenvalue weighted by Gasteiger charge is 2.89. The zero-order chi connectivity index (χ0) is 29.9. The van der Waals surface area contributed by atoms with Crippen LogP contribution in [0.25, 0.3) is 0 Å². The molecule has 0 aromatic heterocycles. The lowest BCUT2D eigenvalue weighted by atomic mass is 9.41. The first-order valence-electron chi connectivity index (χ1n) is 15.7. The van der Waals surface area contributed by atoms with Crippen LogP contribution >= 0.6 is 11.8 Å². The van der Waals surface area contributed by atoms with Crippen molar-refractivity contribution in [2.45, 2.75) is 118 Å². The van der Waals surface area contributed by atoms with Crippen molar-refractivity contribution in [3.05, 3.63) is 11.6 Å². The van der Waals surface area contributed by atoms with Crippen molar-refractivity contribution in [1.82, 2.24) is 0 Å². The van der Waals surface area contributed by atoms with E-state index in [0.717, 1.165) is 0 Å². The third-order valence-corrected chi connectivity index (χ3v) is 14.6. The van der Waals surface area contributed by atoms with Gasteiger partial charge in [-0.25, -0.2) is 4.79 Å². The number of carbonyl (C=O) groups is 2. The zero-order valence-corrected chi connectivity index (χ0v) is 25.4. The third kappa shape index (κ3) is 3.02. The van der Waals surface area contributed by atoms with E-state index in [4.69, 9.17) is 28.7 Å². The van der Waals surface area contributed by atoms with Crippen LogP contribution < -0.4 is 0 Å². The summed E-state index contributed by atoms with van der Waals surface area (Å²) in [5.41, 5.74) is -3.91. The quantitative estimate of drug-likeness (QED) is 0.221. The minimum Gasteiger partial charge on any atom is -0.458 e. The monoisotopic (exact) mass is 617 g/mol. The van der Waals surface area contributed by atoms with Gasteiger partial charge in [-0.15, -0.1) is 11.8 Å². The van der Waals surface area contributed by atoms with Gasteiger partial charge in [0.1, 0.15) is 23.9 Å². The number of hydrogen-bond acceptors (Lipinski definition) is 12. The number of cyclic esters (lactones) is 1. The van der Waals surface area contributed by atoms with Crippen LogP contribution in [0.1, 0.15) is 59.3 Å². The Kier molecular flexibility index (Phi) is 5.39. The van der Waals surface area contributed by atoms with Gasteiger partial charge in [0.15, 0.2) is 10.7 Å². The van der Waals surface area contributed by atoms with Gasteiger partial charge in [-0.1, -0.05) is 6.92 Å². The summed E-state index contributed by atoms with van der Waals surface area (Å²) >= 11 is 1.53. The number of hydrogen-bond donors (Lipinski definition) is 3. The predicted molar refractivity (Wildman–Crippen MR) is 150 cm³/mol. The standard InChI is InChI=1S/C31H39NO10S/c1-14-11-29(32-6-7-43-29)31(37)25(39-14)40-18-9-16-10-20-30(42-20)23(26(16,2)12-19(18)41-31)22(34)24(35)27(3)17(4-5-28(27,30)36)15-8-21(33)38-13-15/h6,8,14,16-20,22-23,25,34,36-37H,4-5,7,9-13H2,1-3H3/t14?,16?,17-,18?,19+,20?,22?,23?,25-,26-,27-,28+,29?,30?,31+/m0/s1. The SMILES string of the molecule is CC1CC2(N=CCS2)[C@]2(O)O[C@@H]3C[C@@]4(C)C(CC3O[C@@H]2O1)CC1OC12C4C(O)C(=O)[C@]1(C)[C@H](C3=CC(=O)OC3)CC[C@]21O. The van der Waals surface area contributed by atoms with Crippen molar-refractivity contribution in [3.8, 4) is 0 Å². The second-order valence-corrected chi connectivity index (χ2v) is 16.3. The number of esters is 1. The summed E-state index contributed by atoms with van der Waals surface area (Å²) in [6.45, 7) is 5.87. The van der Waals surface area contributed by atoms with Gasteiger partial charge in [0.05, 0.1) is 29.8 Å². The molecule has 0 aromatic carbocycles. The summed E-state index contributed by atoms with van der Waals surface area (Å²) in [7, 11) is 0. The molecule has 3 N–H and O–H groups in total. The van der Waals surface area contributed by atoms with Gasteiger partial charge in [0.25, 0.3) is 5.79 Å². The Bertz CT molecular complexity index is 1390. The summed E-state index contributed by atoms with van der Waals surface area (Å²) in [6.07, 6.45) is 2.48. The molecule has 43 heavy (non-hydrogen) atoms. The maximum absolute atomic E-state index is 14.4. The first-order valence-corrected chi connectivity index (χ1v) is 16.7. The molecular formula is C31H39NO10S. The molecule has 0 radical (unpaired) electrons. The molecule has 8 unspecified atom stereocenters. The fourth-order valence-electron chi connectivity index (χ4n) is 11.3. The maximum Gasteiger partial charge on any atom is 0.331 e. The van der Waals surface area contributed by atoms with Crippen LogP contribution in [0, 0.1) is 28.6 Å². The third-order valence-electron chi connectivity index (χ3n) is 13.3. The lowest BCUT2D eigenvalue weighted by molar-refractivity contribution is -0.446. The molecule has 2 spiro atoms. The maximum atomic E-state index is 14.4. The highest BCUT2D eigenvalue weighted by Crippen LogP contribution is 2.77. The number of ketones is 1. The van der Waals surface area contributed by atoms with Crippen LogP contribution in [0.5, 0.6) is 0 Å². The van der Waals surface area contributed by atoms with Gasteiger partial charge in [0, 0.05) is 30.4 Å². The predicted octanol–water partition coefficient (Wildman–Crippen LogP) is 1.26. The molecule has 9 aliphatic rings. The summed E-state index contributed by atoms with van der Waals surface area (Å²) in [5, 5.41) is 36.8. The van der Waals surface area contributed by atoms with Crippen LogP contribution in [-0.4, -0.2) is 104 Å². The molecule has 3 saturated heterocycles. The van der Waals surface area contributed by atoms with Gasteiger partial charge < -0.3 is 39.0 Å². The van der Waals surface area contributed by atoms with E-state index in [0.29, 0.717) is 49.9 Å². The molecular weight excluding hydrogens is 578 g/mol. The number of aliphatic hydroxyl groups excluding tert-OH is 1. The molecule has 5 heterocycles. The van der Waals surface area contributed by atoms with E-state index >= 15 is 0 Å². The minimum absolute atomic E-state index is 0.0270. The van der Waals surface area contributed by atoms with Crippen molar-refractivity contribution < 1.29 is 48.6 Å². The summed E-state index contributed by atoms with van der Waals surface area (Å²) < 4.78 is 31.0. The van der Waals surface area contributed by atoms with Gasteiger partial charge >= 0.3 is 5.97 Å². The summed E-state index contributed by atoms with van der Waals surface area (Å²) in [4.78, 5) is 30.1. The number of epoxide rings is 1. The van der Waals surface area contributed by atoms with Crippen molar-refractivity contribution >= 4 is 29.7 Å². The summed E-state index contributed by atoms with van der Waals surface area (Å²) in [5.74, 6) is -3.06. The number of rotatable bonds is 1. The van der Waals surface area contributed by atoms with Gasteiger partial charge in [-0.2, -0.15) is 0 Å². The van der Waals surface area contributed by atoms with E-state index in [-0.39, 0.29) is 30.8 Å². The van der Waals surface area contributed by atoms with E-state index in [9.17, 15) is 24.9 Å². The van der Waals surface area contributed by atoms with Crippen molar-refractivity contribution in [1.29, 1.82) is 0 Å². The smallest absolute Gasteiger partial charge is 0.331 e. The Hall–Kier alpha value is -1.38. The number of aliphatic imine (C=N–C) groups is 1. The van der Waals surface area contributed by atoms with E-state index in [1.807, 2.05) is 6.92 Å². The molecule has 4 saturated carbocycles.